The Hall–Kier alpha value is -3.93. The van der Waals surface area contributed by atoms with Crippen molar-refractivity contribution < 1.29 is 19.0 Å². The molecule has 3 aromatic carbocycles. The van der Waals surface area contributed by atoms with Crippen molar-refractivity contribution in [2.24, 2.45) is 0 Å². The Morgan fingerprint density at radius 1 is 1.06 bits per heavy atom. The predicted octanol–water partition coefficient (Wildman–Crippen LogP) is 4.47. The van der Waals surface area contributed by atoms with Gasteiger partial charge in [0.1, 0.15) is 5.75 Å². The maximum absolute atomic E-state index is 12.9. The molecule has 31 heavy (non-hydrogen) atoms. The van der Waals surface area contributed by atoms with Gasteiger partial charge >= 0.3 is 0 Å². The molecule has 4 aromatic rings. The summed E-state index contributed by atoms with van der Waals surface area (Å²) in [6.45, 7) is 0.627. The van der Waals surface area contributed by atoms with Gasteiger partial charge in [-0.1, -0.05) is 30.3 Å². The third-order valence-electron chi connectivity index (χ3n) is 5.62. The lowest BCUT2D eigenvalue weighted by Gasteiger charge is -2.19. The fraction of sp³-hybridized carbons (Fsp3) is 0.160. The van der Waals surface area contributed by atoms with Gasteiger partial charge in [-0.05, 0) is 47.5 Å². The van der Waals surface area contributed by atoms with Crippen molar-refractivity contribution in [1.82, 2.24) is 10.3 Å². The number of aromatic nitrogens is 1. The summed E-state index contributed by atoms with van der Waals surface area (Å²) in [5, 5.41) is 4.23. The molecule has 6 heteroatoms. The number of H-pyrrole nitrogens is 1. The number of aromatic amines is 1. The lowest BCUT2D eigenvalue weighted by Crippen LogP contribution is -2.28. The molecule has 0 saturated heterocycles. The molecule has 1 unspecified atom stereocenters. The van der Waals surface area contributed by atoms with Crippen molar-refractivity contribution in [2.75, 3.05) is 20.4 Å². The van der Waals surface area contributed by atoms with Crippen LogP contribution in [0.2, 0.25) is 0 Å². The molecule has 1 aliphatic heterocycles. The molecule has 6 nitrogen and oxygen atoms in total. The molecule has 1 amide bonds. The number of benzene rings is 3. The van der Waals surface area contributed by atoms with Crippen LogP contribution in [0.15, 0.2) is 72.9 Å². The van der Waals surface area contributed by atoms with Gasteiger partial charge in [-0.15, -0.1) is 0 Å². The molecule has 0 radical (unpaired) electrons. The zero-order valence-corrected chi connectivity index (χ0v) is 17.1. The number of amides is 1. The second-order valence-electron chi connectivity index (χ2n) is 7.39. The second kappa shape index (κ2) is 8.07. The Balaban J connectivity index is 1.43. The largest absolute Gasteiger partial charge is 0.497 e. The summed E-state index contributed by atoms with van der Waals surface area (Å²) in [7, 11) is 1.65. The highest BCUT2D eigenvalue weighted by molar-refractivity contribution is 5.95. The van der Waals surface area contributed by atoms with E-state index in [1.54, 1.807) is 25.3 Å². The number of fused-ring (bicyclic) bond motifs is 2. The first-order chi connectivity index (χ1) is 15.2. The van der Waals surface area contributed by atoms with Crippen molar-refractivity contribution in [3.63, 3.8) is 0 Å². The summed E-state index contributed by atoms with van der Waals surface area (Å²) < 4.78 is 16.0. The highest BCUT2D eigenvalue weighted by Crippen LogP contribution is 2.33. The van der Waals surface area contributed by atoms with Crippen molar-refractivity contribution in [3.8, 4) is 17.2 Å². The van der Waals surface area contributed by atoms with Crippen LogP contribution in [0.4, 0.5) is 0 Å². The maximum atomic E-state index is 12.9. The van der Waals surface area contributed by atoms with Crippen molar-refractivity contribution in [1.29, 1.82) is 0 Å². The number of ether oxygens (including phenoxy) is 3. The Labute approximate surface area is 179 Å². The van der Waals surface area contributed by atoms with Gasteiger partial charge in [-0.2, -0.15) is 0 Å². The van der Waals surface area contributed by atoms with Crippen LogP contribution in [0.25, 0.3) is 10.9 Å². The molecule has 1 aliphatic rings. The summed E-state index contributed by atoms with van der Waals surface area (Å²) >= 11 is 0. The highest BCUT2D eigenvalue weighted by atomic mass is 16.7. The van der Waals surface area contributed by atoms with E-state index >= 15 is 0 Å². The number of para-hydroxylation sites is 1. The van der Waals surface area contributed by atoms with Gasteiger partial charge in [0, 0.05) is 35.1 Å². The van der Waals surface area contributed by atoms with Gasteiger partial charge in [-0.3, -0.25) is 4.79 Å². The summed E-state index contributed by atoms with van der Waals surface area (Å²) in [4.78, 5) is 16.2. The van der Waals surface area contributed by atoms with Gasteiger partial charge in [0.05, 0.1) is 7.11 Å². The first-order valence-electron chi connectivity index (χ1n) is 10.1. The van der Waals surface area contributed by atoms with Gasteiger partial charge in [-0.25, -0.2) is 0 Å². The number of carbonyl (C=O) groups is 1. The monoisotopic (exact) mass is 414 g/mol. The normalized spacial score (nSPS) is 13.2. The molecule has 0 fully saturated rings. The zero-order valence-electron chi connectivity index (χ0n) is 17.1. The number of nitrogens with one attached hydrogen (secondary N) is 2. The number of carbonyl (C=O) groups excluding carboxylic acids is 1. The molecule has 156 valence electrons. The fourth-order valence-corrected chi connectivity index (χ4v) is 3.96. The van der Waals surface area contributed by atoms with E-state index in [9.17, 15) is 4.79 Å². The van der Waals surface area contributed by atoms with Crippen molar-refractivity contribution in [2.45, 2.75) is 5.92 Å². The number of hydrogen-bond donors (Lipinski definition) is 2. The van der Waals surface area contributed by atoms with Crippen LogP contribution in [0.3, 0.4) is 0 Å². The average Bonchev–Trinajstić information content (AvgIpc) is 3.46. The van der Waals surface area contributed by atoms with Gasteiger partial charge in [0.25, 0.3) is 5.91 Å². The molecular weight excluding hydrogens is 392 g/mol. The molecule has 1 atom stereocenters. The number of methoxy groups -OCH3 is 1. The van der Waals surface area contributed by atoms with Gasteiger partial charge in [0.15, 0.2) is 11.5 Å². The van der Waals surface area contributed by atoms with E-state index in [1.807, 2.05) is 42.6 Å². The van der Waals surface area contributed by atoms with Crippen LogP contribution >= 0.6 is 0 Å². The lowest BCUT2D eigenvalue weighted by atomic mass is 9.90. The molecule has 0 spiro atoms. The molecule has 0 saturated carbocycles. The standard InChI is InChI=1S/C25H22N2O4/c1-29-18-9-6-16(7-10-18)20(21-14-26-22-5-3-2-4-19(21)22)13-27-25(28)17-8-11-23-24(12-17)31-15-30-23/h2-12,14,20,26H,13,15H2,1H3,(H,27,28). The smallest absolute Gasteiger partial charge is 0.251 e. The number of hydrogen-bond acceptors (Lipinski definition) is 4. The summed E-state index contributed by atoms with van der Waals surface area (Å²) in [5.41, 5.74) is 3.83. The highest BCUT2D eigenvalue weighted by Gasteiger charge is 2.21. The predicted molar refractivity (Wildman–Crippen MR) is 118 cm³/mol. The number of rotatable bonds is 6. The summed E-state index contributed by atoms with van der Waals surface area (Å²) in [6.07, 6.45) is 2.02. The molecule has 0 bridgehead atoms. The molecule has 0 aliphatic carbocycles. The van der Waals surface area contributed by atoms with E-state index in [0.717, 1.165) is 27.8 Å². The van der Waals surface area contributed by atoms with Gasteiger partial charge < -0.3 is 24.5 Å². The van der Waals surface area contributed by atoms with Crippen LogP contribution < -0.4 is 19.5 Å². The first-order valence-corrected chi connectivity index (χ1v) is 10.1. The first kappa shape index (κ1) is 19.1. The minimum Gasteiger partial charge on any atom is -0.497 e. The van der Waals surface area contributed by atoms with Crippen molar-refractivity contribution >= 4 is 16.8 Å². The Morgan fingerprint density at radius 2 is 1.87 bits per heavy atom. The third kappa shape index (κ3) is 3.68. The Bertz CT molecular complexity index is 1230. The topological polar surface area (TPSA) is 72.6 Å². The van der Waals surface area contributed by atoms with E-state index in [1.165, 1.54) is 0 Å². The van der Waals surface area contributed by atoms with Crippen LogP contribution in [-0.4, -0.2) is 31.3 Å². The van der Waals surface area contributed by atoms with Crippen LogP contribution in [0.1, 0.15) is 27.4 Å². The molecule has 1 aromatic heterocycles. The van der Waals surface area contributed by atoms with Gasteiger partial charge in [0.2, 0.25) is 6.79 Å². The lowest BCUT2D eigenvalue weighted by molar-refractivity contribution is 0.0952. The van der Waals surface area contributed by atoms with E-state index in [-0.39, 0.29) is 18.6 Å². The fourth-order valence-electron chi connectivity index (χ4n) is 3.96. The molecule has 2 N–H and O–H groups in total. The average molecular weight is 414 g/mol. The molecular formula is C25H22N2O4. The second-order valence-corrected chi connectivity index (χ2v) is 7.39. The minimum absolute atomic E-state index is 0.0278. The Morgan fingerprint density at radius 3 is 2.71 bits per heavy atom. The summed E-state index contributed by atoms with van der Waals surface area (Å²) in [6, 6.07) is 21.4. The van der Waals surface area contributed by atoms with Crippen LogP contribution in [0.5, 0.6) is 17.2 Å². The zero-order chi connectivity index (χ0) is 21.2. The van der Waals surface area contributed by atoms with E-state index in [2.05, 4.69) is 22.4 Å². The van der Waals surface area contributed by atoms with E-state index in [4.69, 9.17) is 14.2 Å². The van der Waals surface area contributed by atoms with Crippen LogP contribution in [-0.2, 0) is 0 Å². The third-order valence-corrected chi connectivity index (χ3v) is 5.62. The molecule has 5 rings (SSSR count). The molecule has 2 heterocycles. The van der Waals surface area contributed by atoms with Crippen LogP contribution in [0, 0.1) is 0 Å². The quantitative estimate of drug-likeness (QED) is 0.488. The SMILES string of the molecule is COc1ccc(C(CNC(=O)c2ccc3c(c2)OCO3)c2c[nH]c3ccccc23)cc1. The van der Waals surface area contributed by atoms with Crippen molar-refractivity contribution in [3.05, 3.63) is 89.6 Å². The summed E-state index contributed by atoms with van der Waals surface area (Å²) in [5.74, 6) is 1.87. The Kier molecular flexibility index (Phi) is 4.96. The van der Waals surface area contributed by atoms with E-state index in [0.29, 0.717) is 23.6 Å². The maximum Gasteiger partial charge on any atom is 0.251 e. The van der Waals surface area contributed by atoms with E-state index < -0.39 is 0 Å². The minimum atomic E-state index is -0.156.